The van der Waals surface area contributed by atoms with E-state index in [2.05, 4.69) is 13.8 Å². The summed E-state index contributed by atoms with van der Waals surface area (Å²) in [5.41, 5.74) is 3.12. The largest absolute Gasteiger partial charge is 0.459 e. The third kappa shape index (κ3) is 6.44. The van der Waals surface area contributed by atoms with E-state index in [1.54, 1.807) is 18.2 Å². The second-order valence-corrected chi connectivity index (χ2v) is 10.1. The molecule has 0 heterocycles. The first-order valence-corrected chi connectivity index (χ1v) is 13.5. The number of unbranched alkanes of at least 4 members (excludes halogenated alkanes) is 1. The Kier molecular flexibility index (Phi) is 9.07. The maximum absolute atomic E-state index is 14.9. The lowest BCUT2D eigenvalue weighted by atomic mass is 9.82. The number of rotatable bonds is 9. The first kappa shape index (κ1) is 27.0. The number of ether oxygens (including phenoxy) is 1. The zero-order valence-corrected chi connectivity index (χ0v) is 21.7. The zero-order chi connectivity index (χ0) is 26.4. The number of hydrogen-bond acceptors (Lipinski definition) is 2. The van der Waals surface area contributed by atoms with E-state index in [0.29, 0.717) is 36.8 Å². The fraction of sp³-hybridized carbons (Fsp3) is 0.406. The van der Waals surface area contributed by atoms with Crippen molar-refractivity contribution in [3.8, 4) is 11.1 Å². The lowest BCUT2D eigenvalue weighted by molar-refractivity contribution is 0.0188. The van der Waals surface area contributed by atoms with Crippen LogP contribution in [-0.4, -0.2) is 12.1 Å². The summed E-state index contributed by atoms with van der Waals surface area (Å²) in [5.74, 6) is -3.23. The lowest BCUT2D eigenvalue weighted by Gasteiger charge is -2.29. The normalized spacial score (nSPS) is 17.5. The molecule has 0 radical (unpaired) electrons. The second-order valence-electron chi connectivity index (χ2n) is 10.1. The van der Waals surface area contributed by atoms with Gasteiger partial charge in [0.1, 0.15) is 11.9 Å². The topological polar surface area (TPSA) is 26.3 Å². The van der Waals surface area contributed by atoms with Crippen LogP contribution in [0.4, 0.5) is 13.2 Å². The Hall–Kier alpha value is -3.08. The van der Waals surface area contributed by atoms with Crippen LogP contribution >= 0.6 is 0 Å². The molecule has 2 nitrogen and oxygen atoms in total. The number of hydrogen-bond donors (Lipinski definition) is 0. The van der Waals surface area contributed by atoms with Crippen LogP contribution in [0.1, 0.15) is 91.8 Å². The molecule has 4 rings (SSSR count). The minimum atomic E-state index is -1.20. The van der Waals surface area contributed by atoms with Crippen LogP contribution in [0.5, 0.6) is 0 Å². The van der Waals surface area contributed by atoms with Gasteiger partial charge in [0, 0.05) is 5.56 Å². The Bertz CT molecular complexity index is 1210. The summed E-state index contributed by atoms with van der Waals surface area (Å²) >= 11 is 0. The predicted octanol–water partition coefficient (Wildman–Crippen LogP) is 8.95. The van der Waals surface area contributed by atoms with Crippen molar-refractivity contribution >= 4 is 5.97 Å². The molecule has 1 aliphatic rings. The summed E-state index contributed by atoms with van der Waals surface area (Å²) < 4.78 is 50.0. The quantitative estimate of drug-likeness (QED) is 0.270. The van der Waals surface area contributed by atoms with Crippen molar-refractivity contribution in [1.29, 1.82) is 0 Å². The molecule has 0 unspecified atom stereocenters. The zero-order valence-electron chi connectivity index (χ0n) is 21.7. The summed E-state index contributed by atoms with van der Waals surface area (Å²) in [6.07, 6.45) is 6.96. The Morgan fingerprint density at radius 2 is 1.51 bits per heavy atom. The van der Waals surface area contributed by atoms with Crippen molar-refractivity contribution < 1.29 is 22.7 Å². The van der Waals surface area contributed by atoms with Gasteiger partial charge in [0.05, 0.1) is 5.56 Å². The van der Waals surface area contributed by atoms with Gasteiger partial charge in [0.25, 0.3) is 0 Å². The molecular formula is C32H35F3O2. The highest BCUT2D eigenvalue weighted by atomic mass is 19.2. The van der Waals surface area contributed by atoms with Crippen LogP contribution in [0, 0.1) is 17.5 Å². The molecule has 0 saturated heterocycles. The van der Waals surface area contributed by atoms with Gasteiger partial charge < -0.3 is 4.74 Å². The third-order valence-corrected chi connectivity index (χ3v) is 7.38. The monoisotopic (exact) mass is 508 g/mol. The van der Waals surface area contributed by atoms with Gasteiger partial charge in [-0.2, -0.15) is 0 Å². The minimum Gasteiger partial charge on any atom is -0.459 e. The van der Waals surface area contributed by atoms with Crippen LogP contribution in [-0.2, 0) is 17.6 Å². The van der Waals surface area contributed by atoms with Crippen LogP contribution < -0.4 is 0 Å². The van der Waals surface area contributed by atoms with Crippen molar-refractivity contribution in [3.05, 3.63) is 94.3 Å². The highest BCUT2D eigenvalue weighted by Crippen LogP contribution is 2.36. The van der Waals surface area contributed by atoms with E-state index >= 15 is 0 Å². The molecule has 1 fully saturated rings. The predicted molar refractivity (Wildman–Crippen MR) is 141 cm³/mol. The summed E-state index contributed by atoms with van der Waals surface area (Å²) in [5, 5.41) is 0. The minimum absolute atomic E-state index is 0.0624. The van der Waals surface area contributed by atoms with E-state index in [1.807, 2.05) is 24.3 Å². The number of esters is 1. The van der Waals surface area contributed by atoms with Crippen LogP contribution in [0.15, 0.2) is 54.6 Å². The van der Waals surface area contributed by atoms with Gasteiger partial charge in [-0.1, -0.05) is 69.2 Å². The molecular weight excluding hydrogens is 473 g/mol. The maximum Gasteiger partial charge on any atom is 0.341 e. The number of aryl methyl sites for hydroxylation is 2. The van der Waals surface area contributed by atoms with E-state index in [4.69, 9.17) is 4.74 Å². The highest BCUT2D eigenvalue weighted by molar-refractivity contribution is 5.90. The molecule has 0 amide bonds. The molecule has 0 aliphatic heterocycles. The van der Waals surface area contributed by atoms with Crippen molar-refractivity contribution in [2.24, 2.45) is 0 Å². The number of benzene rings is 3. The van der Waals surface area contributed by atoms with Gasteiger partial charge in [-0.15, -0.1) is 0 Å². The van der Waals surface area contributed by atoms with Crippen molar-refractivity contribution in [1.82, 2.24) is 0 Å². The first-order valence-electron chi connectivity index (χ1n) is 13.5. The van der Waals surface area contributed by atoms with Crippen molar-refractivity contribution in [2.75, 3.05) is 0 Å². The summed E-state index contributed by atoms with van der Waals surface area (Å²) in [7, 11) is 0. The van der Waals surface area contributed by atoms with Gasteiger partial charge in [-0.05, 0) is 85.3 Å². The third-order valence-electron chi connectivity index (χ3n) is 7.38. The smallest absolute Gasteiger partial charge is 0.341 e. The summed E-state index contributed by atoms with van der Waals surface area (Å²) in [4.78, 5) is 12.7. The maximum atomic E-state index is 14.9. The van der Waals surface area contributed by atoms with Gasteiger partial charge in [-0.25, -0.2) is 18.0 Å². The van der Waals surface area contributed by atoms with Crippen molar-refractivity contribution in [2.45, 2.75) is 83.7 Å². The molecule has 0 atom stereocenters. The van der Waals surface area contributed by atoms with Gasteiger partial charge in [0.15, 0.2) is 11.6 Å². The van der Waals surface area contributed by atoms with Crippen LogP contribution in [0.25, 0.3) is 11.1 Å². The van der Waals surface area contributed by atoms with Crippen molar-refractivity contribution in [3.63, 3.8) is 0 Å². The number of carbonyl (C=O) groups is 1. The Balaban J connectivity index is 1.37. The molecule has 37 heavy (non-hydrogen) atoms. The molecule has 1 saturated carbocycles. The molecule has 0 bridgehead atoms. The van der Waals surface area contributed by atoms with E-state index in [1.165, 1.54) is 12.1 Å². The van der Waals surface area contributed by atoms with E-state index in [9.17, 15) is 18.0 Å². The molecule has 3 aromatic carbocycles. The van der Waals surface area contributed by atoms with Crippen LogP contribution in [0.3, 0.4) is 0 Å². The molecule has 0 N–H and O–H groups in total. The number of halogens is 3. The fourth-order valence-corrected chi connectivity index (χ4v) is 5.21. The average Bonchev–Trinajstić information content (AvgIpc) is 2.90. The van der Waals surface area contributed by atoms with Gasteiger partial charge >= 0.3 is 5.97 Å². The molecule has 196 valence electrons. The SMILES string of the molecule is CCCCc1ccc(C2CCC(OC(=O)c3ccc(-c4ccc(CCC)cc4)c(F)c3F)CC2)c(F)c1. The lowest BCUT2D eigenvalue weighted by Crippen LogP contribution is -2.25. The second kappa shape index (κ2) is 12.4. The summed E-state index contributed by atoms with van der Waals surface area (Å²) in [6, 6.07) is 15.6. The standard InChI is InChI=1S/C32H35F3O2/c1-3-5-7-22-10-17-26(29(33)20-22)23-13-15-25(16-14-23)37-32(36)28-19-18-27(30(34)31(28)35)24-11-8-21(6-4-2)9-12-24/h8-12,17-20,23,25H,3-7,13-16H2,1-2H3. The Morgan fingerprint density at radius 1 is 0.811 bits per heavy atom. The molecule has 0 aromatic heterocycles. The summed E-state index contributed by atoms with van der Waals surface area (Å²) in [6.45, 7) is 4.20. The van der Waals surface area contributed by atoms with Gasteiger partial charge in [-0.3, -0.25) is 0 Å². The van der Waals surface area contributed by atoms with Gasteiger partial charge in [0.2, 0.25) is 0 Å². The Labute approximate surface area is 217 Å². The Morgan fingerprint density at radius 3 is 2.16 bits per heavy atom. The molecule has 1 aliphatic carbocycles. The fourth-order valence-electron chi connectivity index (χ4n) is 5.21. The van der Waals surface area contributed by atoms with Crippen LogP contribution in [0.2, 0.25) is 0 Å². The average molecular weight is 509 g/mol. The highest BCUT2D eigenvalue weighted by Gasteiger charge is 2.28. The van der Waals surface area contributed by atoms with E-state index in [0.717, 1.165) is 43.2 Å². The van der Waals surface area contributed by atoms with E-state index < -0.39 is 29.3 Å². The molecule has 5 heteroatoms. The number of carbonyl (C=O) groups excluding carboxylic acids is 1. The molecule has 3 aromatic rings. The first-order chi connectivity index (χ1) is 17.9. The van der Waals surface area contributed by atoms with E-state index in [-0.39, 0.29) is 17.3 Å². The molecule has 0 spiro atoms.